The molecule has 1 N–H and O–H groups in total. The van der Waals surface area contributed by atoms with Crippen LogP contribution < -0.4 is 10.1 Å². The maximum Gasteiger partial charge on any atom is 0.251 e. The Morgan fingerprint density at radius 1 is 1.07 bits per heavy atom. The highest BCUT2D eigenvalue weighted by molar-refractivity contribution is 7.89. The molecule has 11 heteroatoms. The minimum atomic E-state index is -3.99. The van der Waals surface area contributed by atoms with E-state index in [0.29, 0.717) is 17.7 Å². The van der Waals surface area contributed by atoms with Crippen LogP contribution in [0.3, 0.4) is 0 Å². The number of Topliss-reactive ketones (excluding diaryl/α,β-unsaturated/α-hetero) is 1. The van der Waals surface area contributed by atoms with E-state index in [2.05, 4.69) is 31.1 Å². The third kappa shape index (κ3) is 6.18. The molecule has 2 saturated heterocycles. The van der Waals surface area contributed by atoms with E-state index in [1.807, 2.05) is 24.3 Å². The molecule has 2 aliphatic rings. The van der Waals surface area contributed by atoms with Crippen molar-refractivity contribution in [2.75, 3.05) is 20.2 Å². The standard InChI is InChI=1S/C32H36N4O6S/c1-32(2,3)23-11-9-22(10-12-23)30(38)34-26(18-21-7-13-24(42-4)14-8-21)31(39)35-17-15-27-29(35)28(37)20-36(27)43(40,41)25-6-5-16-33-19-25/h5-14,16,19,26-27,29H,15,17-18,20H2,1-4H3,(H,34,38). The van der Waals surface area contributed by atoms with Crippen LogP contribution in [-0.4, -0.2) is 78.5 Å². The fraction of sp³-hybridized carbons (Fsp3) is 0.375. The quantitative estimate of drug-likeness (QED) is 0.419. The first-order valence-electron chi connectivity index (χ1n) is 14.2. The predicted octanol–water partition coefficient (Wildman–Crippen LogP) is 2.97. The molecular weight excluding hydrogens is 568 g/mol. The summed E-state index contributed by atoms with van der Waals surface area (Å²) in [5, 5.41) is 2.89. The molecule has 3 aromatic rings. The zero-order valence-corrected chi connectivity index (χ0v) is 25.5. The van der Waals surface area contributed by atoms with E-state index in [-0.39, 0.29) is 35.6 Å². The van der Waals surface area contributed by atoms with Crippen LogP contribution in [0.2, 0.25) is 0 Å². The second-order valence-corrected chi connectivity index (χ2v) is 13.8. The fourth-order valence-electron chi connectivity index (χ4n) is 5.74. The van der Waals surface area contributed by atoms with Crippen molar-refractivity contribution in [2.24, 2.45) is 0 Å². The van der Waals surface area contributed by atoms with Gasteiger partial charge >= 0.3 is 0 Å². The number of hydrogen-bond donors (Lipinski definition) is 1. The smallest absolute Gasteiger partial charge is 0.251 e. The number of likely N-dealkylation sites (tertiary alicyclic amines) is 1. The summed E-state index contributed by atoms with van der Waals surface area (Å²) in [5.41, 5.74) is 2.19. The average molecular weight is 605 g/mol. The molecule has 2 aliphatic heterocycles. The Morgan fingerprint density at radius 3 is 2.37 bits per heavy atom. The minimum absolute atomic E-state index is 0.00430. The number of carbonyl (C=O) groups is 3. The number of nitrogens with one attached hydrogen (secondary N) is 1. The molecule has 5 rings (SSSR count). The number of rotatable bonds is 8. The van der Waals surface area contributed by atoms with E-state index in [1.54, 1.807) is 31.4 Å². The van der Waals surface area contributed by atoms with Crippen molar-refractivity contribution in [3.63, 3.8) is 0 Å². The van der Waals surface area contributed by atoms with Gasteiger partial charge in [0, 0.05) is 30.9 Å². The molecule has 10 nitrogen and oxygen atoms in total. The van der Waals surface area contributed by atoms with Crippen LogP contribution in [0.5, 0.6) is 5.75 Å². The molecule has 43 heavy (non-hydrogen) atoms. The van der Waals surface area contributed by atoms with E-state index in [4.69, 9.17) is 4.74 Å². The Balaban J connectivity index is 1.40. The number of nitrogens with zero attached hydrogens (tertiary/aromatic N) is 3. The summed E-state index contributed by atoms with van der Waals surface area (Å²) in [5.74, 6) is -0.544. The van der Waals surface area contributed by atoms with Crippen LogP contribution in [-0.2, 0) is 31.4 Å². The SMILES string of the molecule is COc1ccc(CC(NC(=O)c2ccc(C(C)(C)C)cc2)C(=O)N2CCC3C2C(=O)CN3S(=O)(=O)c2cccnc2)cc1. The van der Waals surface area contributed by atoms with Gasteiger partial charge in [0.25, 0.3) is 5.91 Å². The van der Waals surface area contributed by atoms with Crippen LogP contribution in [0, 0.1) is 0 Å². The van der Waals surface area contributed by atoms with Crippen LogP contribution in [0.15, 0.2) is 78.0 Å². The molecule has 0 aliphatic carbocycles. The van der Waals surface area contributed by atoms with Gasteiger partial charge in [-0.05, 0) is 59.4 Å². The lowest BCUT2D eigenvalue weighted by molar-refractivity contribution is -0.138. The third-order valence-electron chi connectivity index (χ3n) is 8.12. The lowest BCUT2D eigenvalue weighted by Crippen LogP contribution is -2.53. The Labute approximate surface area is 252 Å². The first-order chi connectivity index (χ1) is 20.4. The van der Waals surface area contributed by atoms with Gasteiger partial charge in [0.05, 0.1) is 19.7 Å². The number of amides is 2. The fourth-order valence-corrected chi connectivity index (χ4v) is 7.33. The van der Waals surface area contributed by atoms with Crippen LogP contribution in [0.4, 0.5) is 0 Å². The molecule has 2 fully saturated rings. The summed E-state index contributed by atoms with van der Waals surface area (Å²) in [7, 11) is -2.43. The highest BCUT2D eigenvalue weighted by atomic mass is 32.2. The Hall–Kier alpha value is -4.09. The Kier molecular flexibility index (Phi) is 8.40. The Morgan fingerprint density at radius 2 is 1.77 bits per heavy atom. The van der Waals surface area contributed by atoms with Gasteiger partial charge in [-0.25, -0.2) is 8.42 Å². The van der Waals surface area contributed by atoms with Crippen LogP contribution >= 0.6 is 0 Å². The van der Waals surface area contributed by atoms with E-state index in [1.165, 1.54) is 33.7 Å². The van der Waals surface area contributed by atoms with Gasteiger partial charge in [0.1, 0.15) is 22.7 Å². The van der Waals surface area contributed by atoms with Gasteiger partial charge < -0.3 is 15.0 Å². The summed E-state index contributed by atoms with van der Waals surface area (Å²) in [6.07, 6.45) is 3.20. The predicted molar refractivity (Wildman–Crippen MR) is 160 cm³/mol. The zero-order valence-electron chi connectivity index (χ0n) is 24.7. The van der Waals surface area contributed by atoms with Gasteiger partial charge in [-0.2, -0.15) is 4.31 Å². The molecule has 2 amide bonds. The van der Waals surface area contributed by atoms with Crippen LogP contribution in [0.1, 0.15) is 48.7 Å². The topological polar surface area (TPSA) is 126 Å². The van der Waals surface area contributed by atoms with Crippen LogP contribution in [0.25, 0.3) is 0 Å². The van der Waals surface area contributed by atoms with Crippen molar-refractivity contribution >= 4 is 27.6 Å². The lowest BCUT2D eigenvalue weighted by atomic mass is 9.86. The summed E-state index contributed by atoms with van der Waals surface area (Å²) in [6, 6.07) is 14.8. The molecule has 3 atom stereocenters. The van der Waals surface area contributed by atoms with Crippen molar-refractivity contribution in [2.45, 2.75) is 62.0 Å². The first-order valence-corrected chi connectivity index (χ1v) is 15.6. The third-order valence-corrected chi connectivity index (χ3v) is 9.97. The molecule has 0 bridgehead atoms. The number of sulfonamides is 1. The molecule has 0 spiro atoms. The number of ether oxygens (including phenoxy) is 1. The number of hydrogen-bond acceptors (Lipinski definition) is 7. The average Bonchev–Trinajstić information content (AvgIpc) is 3.58. The maximum absolute atomic E-state index is 14.1. The highest BCUT2D eigenvalue weighted by Crippen LogP contribution is 2.34. The summed E-state index contributed by atoms with van der Waals surface area (Å²) < 4.78 is 33.2. The molecular formula is C32H36N4O6S. The molecule has 3 unspecified atom stereocenters. The van der Waals surface area contributed by atoms with Crippen molar-refractivity contribution in [1.82, 2.24) is 19.5 Å². The number of aromatic nitrogens is 1. The van der Waals surface area contributed by atoms with Gasteiger partial charge in [-0.3, -0.25) is 19.4 Å². The normalized spacial score (nSPS) is 19.6. The lowest BCUT2D eigenvalue weighted by Gasteiger charge is -2.28. The molecule has 1 aromatic heterocycles. The van der Waals surface area contributed by atoms with Gasteiger partial charge in [-0.15, -0.1) is 0 Å². The van der Waals surface area contributed by atoms with Crippen molar-refractivity contribution in [1.29, 1.82) is 0 Å². The van der Waals surface area contributed by atoms with Gasteiger partial charge in [-0.1, -0.05) is 45.0 Å². The van der Waals surface area contributed by atoms with E-state index in [9.17, 15) is 22.8 Å². The number of ketones is 1. The monoisotopic (exact) mass is 604 g/mol. The maximum atomic E-state index is 14.1. The molecule has 2 aromatic carbocycles. The van der Waals surface area contributed by atoms with E-state index >= 15 is 0 Å². The first kappa shape index (κ1) is 30.4. The molecule has 226 valence electrons. The largest absolute Gasteiger partial charge is 0.497 e. The van der Waals surface area contributed by atoms with E-state index < -0.39 is 40.0 Å². The van der Waals surface area contributed by atoms with E-state index in [0.717, 1.165) is 11.1 Å². The number of carbonyl (C=O) groups excluding carboxylic acids is 3. The number of pyridine rings is 1. The van der Waals surface area contributed by atoms with Gasteiger partial charge in [0.2, 0.25) is 15.9 Å². The van der Waals surface area contributed by atoms with Crippen molar-refractivity contribution < 1.29 is 27.5 Å². The van der Waals surface area contributed by atoms with Crippen molar-refractivity contribution in [3.05, 3.63) is 89.7 Å². The molecule has 3 heterocycles. The molecule has 0 saturated carbocycles. The number of benzene rings is 2. The summed E-state index contributed by atoms with van der Waals surface area (Å²) >= 11 is 0. The summed E-state index contributed by atoms with van der Waals surface area (Å²) in [4.78, 5) is 46.1. The molecule has 0 radical (unpaired) electrons. The minimum Gasteiger partial charge on any atom is -0.497 e. The highest BCUT2D eigenvalue weighted by Gasteiger charge is 2.54. The number of fused-ring (bicyclic) bond motifs is 1. The zero-order chi connectivity index (χ0) is 30.9. The second kappa shape index (κ2) is 11.9. The van der Waals surface area contributed by atoms with Crippen molar-refractivity contribution in [3.8, 4) is 5.75 Å². The number of methoxy groups -OCH3 is 1. The summed E-state index contributed by atoms with van der Waals surface area (Å²) in [6.45, 7) is 6.12. The van der Waals surface area contributed by atoms with Gasteiger partial charge in [0.15, 0.2) is 5.78 Å². The second-order valence-electron chi connectivity index (χ2n) is 11.9. The Bertz CT molecular complexity index is 1600.